The Hall–Kier alpha value is -2.99. The van der Waals surface area contributed by atoms with Crippen LogP contribution >= 0.6 is 11.8 Å². The van der Waals surface area contributed by atoms with E-state index in [-0.39, 0.29) is 29.5 Å². The van der Waals surface area contributed by atoms with Gasteiger partial charge in [0.15, 0.2) is 6.61 Å². The van der Waals surface area contributed by atoms with E-state index in [9.17, 15) is 14.4 Å². The van der Waals surface area contributed by atoms with Crippen LogP contribution in [0, 0.1) is 18.3 Å². The van der Waals surface area contributed by atoms with Gasteiger partial charge in [0.25, 0.3) is 5.56 Å². The molecule has 27 heavy (non-hydrogen) atoms. The van der Waals surface area contributed by atoms with Crippen molar-refractivity contribution in [3.05, 3.63) is 46.4 Å². The van der Waals surface area contributed by atoms with Crippen molar-refractivity contribution < 1.29 is 14.3 Å². The lowest BCUT2D eigenvalue weighted by molar-refractivity contribution is -0.139. The molecule has 1 atom stereocenters. The highest BCUT2D eigenvalue weighted by Crippen LogP contribution is 2.17. The van der Waals surface area contributed by atoms with Crippen molar-refractivity contribution in [3.63, 3.8) is 0 Å². The van der Waals surface area contributed by atoms with Crippen LogP contribution in [0.2, 0.25) is 0 Å². The van der Waals surface area contributed by atoms with Crippen molar-refractivity contribution in [1.29, 1.82) is 5.26 Å². The molecule has 0 fully saturated rings. The van der Waals surface area contributed by atoms with Gasteiger partial charge >= 0.3 is 5.97 Å². The number of carbonyl (C=O) groups is 2. The Balaban J connectivity index is 2.11. The predicted octanol–water partition coefficient (Wildman–Crippen LogP) is 1.61. The fraction of sp³-hybridized carbons (Fsp3) is 0.333. The van der Waals surface area contributed by atoms with E-state index in [2.05, 4.69) is 10.1 Å². The Labute approximate surface area is 160 Å². The van der Waals surface area contributed by atoms with Gasteiger partial charge in [-0.15, -0.1) is 11.8 Å². The number of hydrogen-bond donors (Lipinski definition) is 1. The Morgan fingerprint density at radius 2 is 2.00 bits per heavy atom. The Morgan fingerprint density at radius 3 is 2.63 bits per heavy atom. The molecule has 0 saturated heterocycles. The number of para-hydroxylation sites is 1. The summed E-state index contributed by atoms with van der Waals surface area (Å²) in [6.45, 7) is 3.06. The number of nitrogens with one attached hydrogen (secondary N) is 1. The Bertz CT molecular complexity index is 927. The van der Waals surface area contributed by atoms with Crippen LogP contribution in [0.15, 0.2) is 35.1 Å². The number of nitrogens with zero attached hydrogens (tertiary/aromatic N) is 3. The Kier molecular flexibility index (Phi) is 6.85. The zero-order valence-corrected chi connectivity index (χ0v) is 16.1. The maximum Gasteiger partial charge on any atom is 0.316 e. The maximum absolute atomic E-state index is 12.8. The fourth-order valence-corrected chi connectivity index (χ4v) is 3.04. The van der Waals surface area contributed by atoms with Gasteiger partial charge in [0.2, 0.25) is 5.91 Å². The average molecular weight is 388 g/mol. The molecule has 2 aromatic rings. The highest BCUT2D eigenvalue weighted by atomic mass is 32.2. The predicted molar refractivity (Wildman–Crippen MR) is 103 cm³/mol. The first-order valence-corrected chi connectivity index (χ1v) is 9.20. The molecule has 0 aliphatic heterocycles. The van der Waals surface area contributed by atoms with Crippen LogP contribution in [-0.2, 0) is 21.4 Å². The van der Waals surface area contributed by atoms with Gasteiger partial charge in [-0.1, -0.05) is 18.2 Å². The van der Waals surface area contributed by atoms with Gasteiger partial charge in [0, 0.05) is 7.05 Å². The van der Waals surface area contributed by atoms with E-state index in [4.69, 9.17) is 5.26 Å². The largest absolute Gasteiger partial charge is 0.450 e. The topological polar surface area (TPSA) is 106 Å². The first-order valence-electron chi connectivity index (χ1n) is 8.16. The monoisotopic (exact) mass is 388 g/mol. The van der Waals surface area contributed by atoms with Crippen molar-refractivity contribution in [2.75, 3.05) is 17.7 Å². The van der Waals surface area contributed by atoms with Crippen LogP contribution < -0.4 is 10.9 Å². The molecule has 8 nitrogen and oxygen atoms in total. The molecule has 0 radical (unpaired) electrons. The first kappa shape index (κ1) is 20.3. The summed E-state index contributed by atoms with van der Waals surface area (Å²) in [4.78, 5) is 36.6. The number of aromatic nitrogens is 2. The maximum atomic E-state index is 12.8. The fourth-order valence-electron chi connectivity index (χ4n) is 2.36. The van der Waals surface area contributed by atoms with Crippen molar-refractivity contribution in [2.45, 2.75) is 19.1 Å². The van der Waals surface area contributed by atoms with E-state index >= 15 is 0 Å². The number of rotatable bonds is 7. The summed E-state index contributed by atoms with van der Waals surface area (Å²) in [6.07, 6.45) is 0. The second kappa shape index (κ2) is 9.09. The van der Waals surface area contributed by atoms with Crippen LogP contribution in [0.5, 0.6) is 0 Å². The summed E-state index contributed by atoms with van der Waals surface area (Å²) in [7, 11) is 1.74. The van der Waals surface area contributed by atoms with E-state index < -0.39 is 11.2 Å². The molecule has 0 spiro atoms. The third kappa shape index (κ3) is 4.80. The van der Waals surface area contributed by atoms with E-state index in [0.717, 1.165) is 11.8 Å². The molecule has 0 bridgehead atoms. The van der Waals surface area contributed by atoms with Gasteiger partial charge in [-0.05, 0) is 26.0 Å². The minimum absolute atomic E-state index is 0.0573. The SMILES string of the molecule is Cc1c(NC(=O)[C@@H](C)SCC(=O)OCC#N)c(=O)n(-c2ccccc2)n1C. The molecule has 0 saturated carbocycles. The normalized spacial score (nSPS) is 11.5. The molecule has 1 N–H and O–H groups in total. The number of benzene rings is 1. The summed E-state index contributed by atoms with van der Waals surface area (Å²) < 4.78 is 7.78. The van der Waals surface area contributed by atoms with E-state index in [1.807, 2.05) is 18.2 Å². The molecule has 1 aromatic heterocycles. The van der Waals surface area contributed by atoms with Crippen LogP contribution in [0.1, 0.15) is 12.6 Å². The van der Waals surface area contributed by atoms with Gasteiger partial charge in [-0.2, -0.15) is 5.26 Å². The third-order valence-corrected chi connectivity index (χ3v) is 5.04. The summed E-state index contributed by atoms with van der Waals surface area (Å²) in [5, 5.41) is 10.4. The summed E-state index contributed by atoms with van der Waals surface area (Å²) in [5.41, 5.74) is 1.17. The highest BCUT2D eigenvalue weighted by molar-refractivity contribution is 8.01. The lowest BCUT2D eigenvalue weighted by Gasteiger charge is -2.10. The molecule has 2 rings (SSSR count). The van der Waals surface area contributed by atoms with E-state index in [0.29, 0.717) is 11.4 Å². The molecule has 142 valence electrons. The van der Waals surface area contributed by atoms with Gasteiger partial charge in [0.05, 0.1) is 22.4 Å². The highest BCUT2D eigenvalue weighted by Gasteiger charge is 2.21. The molecule has 0 aliphatic carbocycles. The molecule has 1 heterocycles. The number of nitriles is 1. The zero-order chi connectivity index (χ0) is 20.0. The molecule has 0 aliphatic rings. The third-order valence-electron chi connectivity index (χ3n) is 3.92. The molecular weight excluding hydrogens is 368 g/mol. The van der Waals surface area contributed by atoms with Gasteiger partial charge in [0.1, 0.15) is 11.8 Å². The zero-order valence-electron chi connectivity index (χ0n) is 15.3. The van der Waals surface area contributed by atoms with Crippen molar-refractivity contribution >= 4 is 29.3 Å². The Morgan fingerprint density at radius 1 is 1.33 bits per heavy atom. The van der Waals surface area contributed by atoms with E-state index in [1.54, 1.807) is 43.8 Å². The van der Waals surface area contributed by atoms with Crippen molar-refractivity contribution in [1.82, 2.24) is 9.36 Å². The lowest BCUT2D eigenvalue weighted by Crippen LogP contribution is -2.28. The molecule has 1 amide bonds. The van der Waals surface area contributed by atoms with Gasteiger partial charge < -0.3 is 10.1 Å². The average Bonchev–Trinajstić information content (AvgIpc) is 2.88. The second-order valence-electron chi connectivity index (χ2n) is 5.70. The molecule has 0 unspecified atom stereocenters. The van der Waals surface area contributed by atoms with Crippen LogP contribution in [0.25, 0.3) is 5.69 Å². The van der Waals surface area contributed by atoms with Crippen LogP contribution in [0.4, 0.5) is 5.69 Å². The molecule has 9 heteroatoms. The van der Waals surface area contributed by atoms with E-state index in [1.165, 1.54) is 4.68 Å². The number of esters is 1. The van der Waals surface area contributed by atoms with Gasteiger partial charge in [-0.25, -0.2) is 4.68 Å². The number of amides is 1. The number of ether oxygens (including phenoxy) is 1. The summed E-state index contributed by atoms with van der Waals surface area (Å²) in [5.74, 6) is -1.01. The van der Waals surface area contributed by atoms with Crippen LogP contribution in [0.3, 0.4) is 0 Å². The van der Waals surface area contributed by atoms with Gasteiger partial charge in [-0.3, -0.25) is 19.1 Å². The quantitative estimate of drug-likeness (QED) is 0.723. The number of thioether (sulfide) groups is 1. The second-order valence-corrected chi connectivity index (χ2v) is 7.03. The minimum atomic E-state index is -0.580. The number of anilines is 1. The lowest BCUT2D eigenvalue weighted by atomic mass is 10.3. The molecular formula is C18H20N4O4S. The van der Waals surface area contributed by atoms with Crippen molar-refractivity contribution in [3.8, 4) is 11.8 Å². The number of carbonyl (C=O) groups excluding carboxylic acids is 2. The summed E-state index contributed by atoms with van der Waals surface area (Å²) >= 11 is 1.07. The standard InChI is InChI=1S/C18H20N4O4S/c1-12-16(18(25)22(21(12)3)14-7-5-4-6-8-14)20-17(24)13(2)27-11-15(23)26-10-9-19/h4-8,13H,10-11H2,1-3H3,(H,20,24)/t13-/m1/s1. The summed E-state index contributed by atoms with van der Waals surface area (Å²) in [6, 6.07) is 10.8. The van der Waals surface area contributed by atoms with Crippen molar-refractivity contribution in [2.24, 2.45) is 7.05 Å². The van der Waals surface area contributed by atoms with Crippen LogP contribution in [-0.4, -0.2) is 38.8 Å². The minimum Gasteiger partial charge on any atom is -0.450 e. The number of hydrogen-bond acceptors (Lipinski definition) is 6. The smallest absolute Gasteiger partial charge is 0.316 e. The molecule has 1 aromatic carbocycles. The first-order chi connectivity index (χ1) is 12.9.